The predicted octanol–water partition coefficient (Wildman–Crippen LogP) is -0.0578. The van der Waals surface area contributed by atoms with Gasteiger partial charge in [0.15, 0.2) is 0 Å². The lowest BCUT2D eigenvalue weighted by Gasteiger charge is -2.07. The molecule has 1 rings (SSSR count). The van der Waals surface area contributed by atoms with E-state index in [0.29, 0.717) is 33.0 Å². The maximum Gasteiger partial charge on any atom is 0.138 e. The van der Waals surface area contributed by atoms with Gasteiger partial charge in [0, 0.05) is 12.4 Å². The molecule has 1 heterocycles. The van der Waals surface area contributed by atoms with Crippen molar-refractivity contribution >= 4 is 0 Å². The van der Waals surface area contributed by atoms with Crippen LogP contribution in [-0.4, -0.2) is 49.5 Å². The predicted molar refractivity (Wildman–Crippen MR) is 54.6 cm³/mol. The van der Waals surface area contributed by atoms with Gasteiger partial charge in [0.1, 0.15) is 6.61 Å². The molecule has 0 spiro atoms. The molecule has 5 nitrogen and oxygen atoms in total. The zero-order chi connectivity index (χ0) is 10.8. The minimum atomic E-state index is 0.0523. The average Bonchev–Trinajstić information content (AvgIpc) is 2.75. The summed E-state index contributed by atoms with van der Waals surface area (Å²) in [5, 5.41) is 8.42. The molecule has 0 aliphatic carbocycles. The highest BCUT2D eigenvalue weighted by atomic mass is 16.7. The summed E-state index contributed by atoms with van der Waals surface area (Å²) in [4.78, 5) is 5.28. The molecule has 15 heavy (non-hydrogen) atoms. The van der Waals surface area contributed by atoms with E-state index in [9.17, 15) is 0 Å². The normalized spacial score (nSPS) is 10.5. The van der Waals surface area contributed by atoms with E-state index in [2.05, 4.69) is 0 Å². The zero-order valence-corrected chi connectivity index (χ0v) is 8.67. The van der Waals surface area contributed by atoms with Crippen LogP contribution in [0.4, 0.5) is 0 Å². The first-order valence-electron chi connectivity index (χ1n) is 4.96. The first kappa shape index (κ1) is 12.0. The molecule has 0 atom stereocenters. The van der Waals surface area contributed by atoms with Crippen molar-refractivity contribution in [3.63, 3.8) is 0 Å². The largest absolute Gasteiger partial charge is 0.412 e. The van der Waals surface area contributed by atoms with Crippen LogP contribution in [-0.2, 0) is 9.47 Å². The van der Waals surface area contributed by atoms with Gasteiger partial charge in [0.05, 0.1) is 33.0 Å². The van der Waals surface area contributed by atoms with Crippen LogP contribution >= 0.6 is 0 Å². The Balaban J connectivity index is 1.81. The Morgan fingerprint density at radius 3 is 2.13 bits per heavy atom. The summed E-state index contributed by atoms with van der Waals surface area (Å²) >= 11 is 0. The molecule has 0 fully saturated rings. The fourth-order valence-electron chi connectivity index (χ4n) is 0.993. The van der Waals surface area contributed by atoms with E-state index in [1.807, 2.05) is 24.5 Å². The van der Waals surface area contributed by atoms with E-state index in [-0.39, 0.29) is 6.61 Å². The standard InChI is InChI=1S/C10H17NO4/c12-5-6-13-7-8-14-9-10-15-11-3-1-2-4-11/h1-4,12H,5-10H2. The number of nitrogens with zero attached hydrogens (tertiary/aromatic N) is 1. The van der Waals surface area contributed by atoms with Gasteiger partial charge in [-0.2, -0.15) is 4.73 Å². The monoisotopic (exact) mass is 215 g/mol. The van der Waals surface area contributed by atoms with Gasteiger partial charge in [0.25, 0.3) is 0 Å². The highest BCUT2D eigenvalue weighted by Gasteiger charge is 1.91. The summed E-state index contributed by atoms with van der Waals surface area (Å²) in [6, 6.07) is 3.78. The van der Waals surface area contributed by atoms with Crippen LogP contribution in [0, 0.1) is 0 Å². The van der Waals surface area contributed by atoms with Crippen LogP contribution in [0.3, 0.4) is 0 Å². The minimum Gasteiger partial charge on any atom is -0.412 e. The number of ether oxygens (including phenoxy) is 2. The van der Waals surface area contributed by atoms with E-state index < -0.39 is 0 Å². The van der Waals surface area contributed by atoms with Crippen molar-refractivity contribution in [2.75, 3.05) is 39.6 Å². The highest BCUT2D eigenvalue weighted by Crippen LogP contribution is 1.85. The van der Waals surface area contributed by atoms with Crippen molar-refractivity contribution in [1.82, 2.24) is 4.73 Å². The molecular formula is C10H17NO4. The summed E-state index contributed by atoms with van der Waals surface area (Å²) in [6.07, 6.45) is 3.65. The van der Waals surface area contributed by atoms with Gasteiger partial charge >= 0.3 is 0 Å². The quantitative estimate of drug-likeness (QED) is 0.586. The number of hydrogen-bond acceptors (Lipinski definition) is 4. The Bertz CT molecular complexity index is 225. The SMILES string of the molecule is OCCOCCOCCOn1cccc1. The van der Waals surface area contributed by atoms with E-state index in [0.717, 1.165) is 0 Å². The van der Waals surface area contributed by atoms with Crippen molar-refractivity contribution in [2.24, 2.45) is 0 Å². The van der Waals surface area contributed by atoms with Crippen molar-refractivity contribution in [3.05, 3.63) is 24.5 Å². The van der Waals surface area contributed by atoms with Gasteiger partial charge in [-0.25, -0.2) is 0 Å². The van der Waals surface area contributed by atoms with E-state index in [1.54, 1.807) is 4.73 Å². The Kier molecular flexibility index (Phi) is 6.64. The van der Waals surface area contributed by atoms with Gasteiger partial charge in [-0.15, -0.1) is 0 Å². The molecule has 0 unspecified atom stereocenters. The first-order valence-corrected chi connectivity index (χ1v) is 4.96. The van der Waals surface area contributed by atoms with Crippen molar-refractivity contribution in [2.45, 2.75) is 0 Å². The molecule has 0 saturated carbocycles. The van der Waals surface area contributed by atoms with Gasteiger partial charge < -0.3 is 19.4 Å². The Morgan fingerprint density at radius 1 is 0.867 bits per heavy atom. The Morgan fingerprint density at radius 2 is 1.47 bits per heavy atom. The zero-order valence-electron chi connectivity index (χ0n) is 8.67. The molecule has 0 aliphatic heterocycles. The minimum absolute atomic E-state index is 0.0523. The summed E-state index contributed by atoms with van der Waals surface area (Å²) in [6.45, 7) is 2.48. The maximum absolute atomic E-state index is 8.42. The third-order valence-electron chi connectivity index (χ3n) is 1.65. The highest BCUT2D eigenvalue weighted by molar-refractivity contribution is 4.87. The molecule has 5 heteroatoms. The van der Waals surface area contributed by atoms with Crippen LogP contribution < -0.4 is 4.84 Å². The van der Waals surface area contributed by atoms with Gasteiger partial charge in [0.2, 0.25) is 0 Å². The van der Waals surface area contributed by atoms with Gasteiger partial charge in [-0.3, -0.25) is 0 Å². The van der Waals surface area contributed by atoms with Crippen LogP contribution in [0.2, 0.25) is 0 Å². The number of aliphatic hydroxyl groups is 1. The lowest BCUT2D eigenvalue weighted by Crippen LogP contribution is -2.17. The van der Waals surface area contributed by atoms with Crippen LogP contribution in [0.25, 0.3) is 0 Å². The topological polar surface area (TPSA) is 52.9 Å². The van der Waals surface area contributed by atoms with Crippen molar-refractivity contribution < 1.29 is 19.4 Å². The number of rotatable bonds is 9. The molecule has 0 saturated heterocycles. The molecule has 0 aromatic carbocycles. The first-order chi connectivity index (χ1) is 7.43. The van der Waals surface area contributed by atoms with E-state index >= 15 is 0 Å². The molecule has 0 aliphatic rings. The lowest BCUT2D eigenvalue weighted by atomic mass is 10.7. The molecule has 0 radical (unpaired) electrons. The van der Waals surface area contributed by atoms with E-state index in [4.69, 9.17) is 19.4 Å². The smallest absolute Gasteiger partial charge is 0.138 e. The molecule has 0 bridgehead atoms. The second-order valence-corrected chi connectivity index (χ2v) is 2.82. The molecule has 1 aromatic heterocycles. The van der Waals surface area contributed by atoms with Crippen molar-refractivity contribution in [3.8, 4) is 0 Å². The maximum atomic E-state index is 8.42. The number of hydrogen-bond donors (Lipinski definition) is 1. The summed E-state index contributed by atoms with van der Waals surface area (Å²) in [7, 11) is 0. The second-order valence-electron chi connectivity index (χ2n) is 2.82. The third kappa shape index (κ3) is 6.11. The fraction of sp³-hybridized carbons (Fsp3) is 0.600. The summed E-state index contributed by atoms with van der Waals surface area (Å²) in [5.41, 5.74) is 0. The van der Waals surface area contributed by atoms with Crippen LogP contribution in [0.15, 0.2) is 24.5 Å². The number of aliphatic hydroxyl groups excluding tert-OH is 1. The third-order valence-corrected chi connectivity index (χ3v) is 1.65. The lowest BCUT2D eigenvalue weighted by molar-refractivity contribution is 0.00426. The second kappa shape index (κ2) is 8.28. The molecule has 86 valence electrons. The Labute approximate surface area is 89.1 Å². The van der Waals surface area contributed by atoms with Crippen molar-refractivity contribution in [1.29, 1.82) is 0 Å². The van der Waals surface area contributed by atoms with Crippen LogP contribution in [0.5, 0.6) is 0 Å². The van der Waals surface area contributed by atoms with Gasteiger partial charge in [-0.1, -0.05) is 0 Å². The average molecular weight is 215 g/mol. The number of aromatic nitrogens is 1. The van der Waals surface area contributed by atoms with Gasteiger partial charge in [-0.05, 0) is 12.1 Å². The summed E-state index contributed by atoms with van der Waals surface area (Å²) < 4.78 is 11.9. The molecule has 1 N–H and O–H groups in total. The van der Waals surface area contributed by atoms with E-state index in [1.165, 1.54) is 0 Å². The summed E-state index contributed by atoms with van der Waals surface area (Å²) in [5.74, 6) is 0. The fourth-order valence-corrected chi connectivity index (χ4v) is 0.993. The Hall–Kier alpha value is -1.04. The van der Waals surface area contributed by atoms with Crippen LogP contribution in [0.1, 0.15) is 0 Å². The molecule has 1 aromatic rings. The molecule has 0 amide bonds. The molecular weight excluding hydrogens is 198 g/mol.